The zero-order valence-electron chi connectivity index (χ0n) is 11.8. The summed E-state index contributed by atoms with van der Waals surface area (Å²) >= 11 is 0. The third-order valence-corrected chi connectivity index (χ3v) is 2.83. The lowest BCUT2D eigenvalue weighted by Gasteiger charge is -2.09. The first-order valence-corrected chi connectivity index (χ1v) is 6.69. The van der Waals surface area contributed by atoms with E-state index in [1.807, 2.05) is 0 Å². The van der Waals surface area contributed by atoms with E-state index in [1.165, 1.54) is 18.2 Å². The molecule has 0 atom stereocenters. The van der Waals surface area contributed by atoms with E-state index < -0.39 is 4.92 Å². The minimum Gasteiger partial charge on any atom is -0.484 e. The fourth-order valence-electron chi connectivity index (χ4n) is 1.71. The summed E-state index contributed by atoms with van der Waals surface area (Å²) in [5.41, 5.74) is 0.650. The summed E-state index contributed by atoms with van der Waals surface area (Å²) in [5.74, 6) is 0.304. The van der Waals surface area contributed by atoms with Crippen LogP contribution in [0.25, 0.3) is 0 Å². The molecule has 110 valence electrons. The van der Waals surface area contributed by atoms with Crippen LogP contribution in [-0.4, -0.2) is 24.0 Å². The molecule has 0 radical (unpaired) electrons. The summed E-state index contributed by atoms with van der Waals surface area (Å²) in [7, 11) is 0. The first-order chi connectivity index (χ1) is 9.54. The minimum atomic E-state index is -0.461. The van der Waals surface area contributed by atoms with Crippen LogP contribution in [-0.2, 0) is 4.79 Å². The van der Waals surface area contributed by atoms with Crippen molar-refractivity contribution in [3.05, 3.63) is 33.9 Å². The number of carbonyl (C=O) groups is 1. The monoisotopic (exact) mass is 280 g/mol. The van der Waals surface area contributed by atoms with Gasteiger partial charge in [-0.05, 0) is 25.0 Å². The lowest BCUT2D eigenvalue weighted by atomic mass is 10.2. The van der Waals surface area contributed by atoms with Crippen LogP contribution in [0.4, 0.5) is 5.69 Å². The first kappa shape index (κ1) is 15.9. The van der Waals surface area contributed by atoms with Crippen LogP contribution in [0, 0.1) is 17.0 Å². The van der Waals surface area contributed by atoms with Crippen molar-refractivity contribution in [3.63, 3.8) is 0 Å². The van der Waals surface area contributed by atoms with Crippen LogP contribution in [0.2, 0.25) is 0 Å². The molecule has 0 fully saturated rings. The highest BCUT2D eigenvalue weighted by atomic mass is 16.6. The van der Waals surface area contributed by atoms with Gasteiger partial charge in [0.2, 0.25) is 0 Å². The molecule has 0 aromatic heterocycles. The number of aryl methyl sites for hydroxylation is 1. The van der Waals surface area contributed by atoms with Gasteiger partial charge in [0.05, 0.1) is 4.92 Å². The second-order valence-corrected chi connectivity index (χ2v) is 4.55. The lowest BCUT2D eigenvalue weighted by Crippen LogP contribution is -2.29. The van der Waals surface area contributed by atoms with Crippen molar-refractivity contribution in [1.82, 2.24) is 5.32 Å². The minimum absolute atomic E-state index is 0.0128. The Balaban J connectivity index is 2.41. The van der Waals surface area contributed by atoms with E-state index in [0.717, 1.165) is 19.3 Å². The Morgan fingerprint density at radius 2 is 2.15 bits per heavy atom. The second kappa shape index (κ2) is 8.14. The SMILES string of the molecule is CCCCCNC(=O)COc1ccc([N+](=O)[O-])cc1C. The fraction of sp³-hybridized carbons (Fsp3) is 0.500. The lowest BCUT2D eigenvalue weighted by molar-refractivity contribution is -0.384. The van der Waals surface area contributed by atoms with Gasteiger partial charge in [0, 0.05) is 18.7 Å². The number of benzene rings is 1. The summed E-state index contributed by atoms with van der Waals surface area (Å²) < 4.78 is 5.36. The molecule has 0 saturated heterocycles. The smallest absolute Gasteiger partial charge is 0.269 e. The molecular weight excluding hydrogens is 260 g/mol. The molecular formula is C14H20N2O4. The molecule has 0 saturated carbocycles. The molecule has 0 bridgehead atoms. The summed E-state index contributed by atoms with van der Waals surface area (Å²) in [6.45, 7) is 4.38. The molecule has 0 heterocycles. The normalized spacial score (nSPS) is 10.1. The van der Waals surface area contributed by atoms with Crippen LogP contribution in [0.3, 0.4) is 0 Å². The molecule has 1 N–H and O–H groups in total. The standard InChI is InChI=1S/C14H20N2O4/c1-3-4-5-8-15-14(17)10-20-13-7-6-12(16(18)19)9-11(13)2/h6-7,9H,3-5,8,10H2,1-2H3,(H,15,17). The van der Waals surface area contributed by atoms with Gasteiger partial charge in [-0.25, -0.2) is 0 Å². The molecule has 1 amide bonds. The van der Waals surface area contributed by atoms with E-state index in [-0.39, 0.29) is 18.2 Å². The van der Waals surface area contributed by atoms with E-state index in [2.05, 4.69) is 12.2 Å². The molecule has 1 aromatic rings. The van der Waals surface area contributed by atoms with Crippen molar-refractivity contribution >= 4 is 11.6 Å². The quantitative estimate of drug-likeness (QED) is 0.451. The Hall–Kier alpha value is -2.11. The van der Waals surface area contributed by atoms with E-state index in [1.54, 1.807) is 6.92 Å². The van der Waals surface area contributed by atoms with Crippen molar-refractivity contribution in [2.45, 2.75) is 33.1 Å². The number of hydrogen-bond acceptors (Lipinski definition) is 4. The predicted molar refractivity (Wildman–Crippen MR) is 75.9 cm³/mol. The summed E-state index contributed by atoms with van der Waals surface area (Å²) in [6, 6.07) is 4.30. The number of unbranched alkanes of at least 4 members (excludes halogenated alkanes) is 2. The number of hydrogen-bond donors (Lipinski definition) is 1. The van der Waals surface area contributed by atoms with Gasteiger partial charge in [-0.3, -0.25) is 14.9 Å². The number of nitro groups is 1. The van der Waals surface area contributed by atoms with Gasteiger partial charge in [-0.1, -0.05) is 19.8 Å². The van der Waals surface area contributed by atoms with Gasteiger partial charge in [-0.15, -0.1) is 0 Å². The Morgan fingerprint density at radius 1 is 1.40 bits per heavy atom. The molecule has 0 unspecified atom stereocenters. The largest absolute Gasteiger partial charge is 0.484 e. The van der Waals surface area contributed by atoms with Gasteiger partial charge in [0.1, 0.15) is 5.75 Å². The van der Waals surface area contributed by atoms with Crippen LogP contribution >= 0.6 is 0 Å². The number of rotatable bonds is 8. The molecule has 0 spiro atoms. The van der Waals surface area contributed by atoms with Gasteiger partial charge in [-0.2, -0.15) is 0 Å². The van der Waals surface area contributed by atoms with Crippen molar-refractivity contribution < 1.29 is 14.5 Å². The average molecular weight is 280 g/mol. The highest BCUT2D eigenvalue weighted by molar-refractivity contribution is 5.77. The Kier molecular flexibility index (Phi) is 6.49. The fourth-order valence-corrected chi connectivity index (χ4v) is 1.71. The molecule has 1 aromatic carbocycles. The number of ether oxygens (including phenoxy) is 1. The first-order valence-electron chi connectivity index (χ1n) is 6.69. The molecule has 6 heteroatoms. The topological polar surface area (TPSA) is 81.5 Å². The van der Waals surface area contributed by atoms with E-state index >= 15 is 0 Å². The van der Waals surface area contributed by atoms with Crippen molar-refractivity contribution in [3.8, 4) is 5.75 Å². The molecule has 0 aliphatic rings. The Bertz CT molecular complexity index is 474. The second-order valence-electron chi connectivity index (χ2n) is 4.55. The molecule has 1 rings (SSSR count). The third-order valence-electron chi connectivity index (χ3n) is 2.83. The van der Waals surface area contributed by atoms with Crippen molar-refractivity contribution in [1.29, 1.82) is 0 Å². The number of carbonyl (C=O) groups excluding carboxylic acids is 1. The highest BCUT2D eigenvalue weighted by Crippen LogP contribution is 2.22. The summed E-state index contributed by atoms with van der Waals surface area (Å²) in [5, 5.41) is 13.4. The van der Waals surface area contributed by atoms with Gasteiger partial charge >= 0.3 is 0 Å². The maximum Gasteiger partial charge on any atom is 0.269 e. The van der Waals surface area contributed by atoms with Crippen molar-refractivity contribution in [2.75, 3.05) is 13.2 Å². The van der Waals surface area contributed by atoms with Gasteiger partial charge in [0.25, 0.3) is 11.6 Å². The van der Waals surface area contributed by atoms with Crippen LogP contribution in [0.15, 0.2) is 18.2 Å². The van der Waals surface area contributed by atoms with Crippen LogP contribution < -0.4 is 10.1 Å². The Labute approximate surface area is 118 Å². The van der Waals surface area contributed by atoms with E-state index in [9.17, 15) is 14.9 Å². The molecule has 0 aliphatic carbocycles. The van der Waals surface area contributed by atoms with Gasteiger partial charge < -0.3 is 10.1 Å². The predicted octanol–water partition coefficient (Wildman–Crippen LogP) is 2.59. The third kappa shape index (κ3) is 5.26. The maximum absolute atomic E-state index is 11.5. The number of non-ortho nitro benzene ring substituents is 1. The zero-order valence-corrected chi connectivity index (χ0v) is 11.8. The van der Waals surface area contributed by atoms with Crippen LogP contribution in [0.5, 0.6) is 5.75 Å². The summed E-state index contributed by atoms with van der Waals surface area (Å²) in [6.07, 6.45) is 3.15. The zero-order chi connectivity index (χ0) is 15.0. The molecule has 6 nitrogen and oxygen atoms in total. The number of nitrogens with one attached hydrogen (secondary N) is 1. The van der Waals surface area contributed by atoms with Gasteiger partial charge in [0.15, 0.2) is 6.61 Å². The molecule has 0 aliphatic heterocycles. The number of nitrogens with zero attached hydrogens (tertiary/aromatic N) is 1. The number of amides is 1. The van der Waals surface area contributed by atoms with Crippen LogP contribution in [0.1, 0.15) is 31.7 Å². The highest BCUT2D eigenvalue weighted by Gasteiger charge is 2.10. The maximum atomic E-state index is 11.5. The van der Waals surface area contributed by atoms with E-state index in [0.29, 0.717) is 17.9 Å². The molecule has 20 heavy (non-hydrogen) atoms. The summed E-state index contributed by atoms with van der Waals surface area (Å²) in [4.78, 5) is 21.7. The van der Waals surface area contributed by atoms with E-state index in [4.69, 9.17) is 4.74 Å². The van der Waals surface area contributed by atoms with Crippen molar-refractivity contribution in [2.24, 2.45) is 0 Å². The Morgan fingerprint density at radius 3 is 2.75 bits per heavy atom. The number of nitro benzene ring substituents is 1. The average Bonchev–Trinajstić information content (AvgIpc) is 2.42.